The van der Waals surface area contributed by atoms with Crippen LogP contribution in [0.15, 0.2) is 39.6 Å². The normalized spacial score (nSPS) is 10.8. The predicted octanol–water partition coefficient (Wildman–Crippen LogP) is 4.75. The van der Waals surface area contributed by atoms with Crippen molar-refractivity contribution in [3.8, 4) is 10.8 Å². The smallest absolute Gasteiger partial charge is 0.339 e. The number of esters is 1. The van der Waals surface area contributed by atoms with Gasteiger partial charge in [-0.2, -0.15) is 0 Å². The number of carbonyl (C=O) groups excluding carboxylic acids is 1. The molecule has 130 valence electrons. The Balaban J connectivity index is 1.68. The summed E-state index contributed by atoms with van der Waals surface area (Å²) in [5.41, 5.74) is 1.76. The van der Waals surface area contributed by atoms with Gasteiger partial charge in [0.05, 0.1) is 10.4 Å². The van der Waals surface area contributed by atoms with Gasteiger partial charge in [0.2, 0.25) is 0 Å². The molecule has 3 rings (SSSR count). The molecule has 25 heavy (non-hydrogen) atoms. The minimum Gasteiger partial charge on any atom is -0.452 e. The topological polar surface area (TPSA) is 65.2 Å². The van der Waals surface area contributed by atoms with Crippen molar-refractivity contribution in [3.05, 3.63) is 52.2 Å². The molecule has 0 atom stereocenters. The number of thiophene rings is 1. The first-order valence-corrected chi connectivity index (χ1v) is 9.88. The highest BCUT2D eigenvalue weighted by Gasteiger charge is 2.16. The fraction of sp³-hybridized carbons (Fsp3) is 0.278. The van der Waals surface area contributed by atoms with Crippen molar-refractivity contribution in [1.82, 2.24) is 10.2 Å². The lowest BCUT2D eigenvalue weighted by atomic mass is 10.2. The highest BCUT2D eigenvalue weighted by Crippen LogP contribution is 2.30. The predicted molar refractivity (Wildman–Crippen MR) is 99.1 cm³/mol. The summed E-state index contributed by atoms with van der Waals surface area (Å²) in [5, 5.41) is 8.03. The standard InChI is InChI=1S/C18H18N2O3S2/c1-4-13-11(2)9-15(25-13)17-20-19-16(23-17)10-22-18(21)12-7-5-6-8-14(12)24-3/h5-9H,4,10H2,1-3H3. The third-order valence-corrected chi connectivity index (χ3v) is 5.84. The molecular formula is C18H18N2O3S2. The van der Waals surface area contributed by atoms with Gasteiger partial charge in [0, 0.05) is 9.77 Å². The zero-order valence-electron chi connectivity index (χ0n) is 14.2. The van der Waals surface area contributed by atoms with E-state index >= 15 is 0 Å². The molecular weight excluding hydrogens is 356 g/mol. The monoisotopic (exact) mass is 374 g/mol. The first-order valence-electron chi connectivity index (χ1n) is 7.84. The highest BCUT2D eigenvalue weighted by molar-refractivity contribution is 7.98. The summed E-state index contributed by atoms with van der Waals surface area (Å²) < 4.78 is 10.9. The fourth-order valence-electron chi connectivity index (χ4n) is 2.41. The SMILES string of the molecule is CCc1sc(-c2nnc(COC(=O)c3ccccc3SC)o2)cc1C. The Morgan fingerprint density at radius 3 is 2.84 bits per heavy atom. The Morgan fingerprint density at radius 1 is 1.32 bits per heavy atom. The van der Waals surface area contributed by atoms with Crippen molar-refractivity contribution in [2.75, 3.05) is 6.26 Å². The van der Waals surface area contributed by atoms with Crippen molar-refractivity contribution >= 4 is 29.1 Å². The van der Waals surface area contributed by atoms with E-state index in [1.54, 1.807) is 17.4 Å². The Labute approximate surface area is 154 Å². The van der Waals surface area contributed by atoms with Crippen molar-refractivity contribution in [2.24, 2.45) is 0 Å². The lowest BCUT2D eigenvalue weighted by Crippen LogP contribution is -2.06. The molecule has 2 aromatic heterocycles. The number of carbonyl (C=O) groups is 1. The van der Waals surface area contributed by atoms with Gasteiger partial charge in [0.15, 0.2) is 6.61 Å². The number of rotatable bonds is 6. The second-order valence-corrected chi connectivity index (χ2v) is 7.33. The minimum atomic E-state index is -0.398. The summed E-state index contributed by atoms with van der Waals surface area (Å²) in [4.78, 5) is 15.4. The molecule has 0 N–H and O–H groups in total. The molecule has 0 spiro atoms. The molecule has 0 amide bonds. The highest BCUT2D eigenvalue weighted by atomic mass is 32.2. The Kier molecular flexibility index (Phi) is 5.55. The van der Waals surface area contributed by atoms with E-state index in [4.69, 9.17) is 9.15 Å². The summed E-state index contributed by atoms with van der Waals surface area (Å²) in [6.07, 6.45) is 2.90. The number of hydrogen-bond acceptors (Lipinski definition) is 7. The zero-order chi connectivity index (χ0) is 17.8. The van der Waals surface area contributed by atoms with E-state index < -0.39 is 5.97 Å². The van der Waals surface area contributed by atoms with Crippen LogP contribution in [-0.2, 0) is 17.8 Å². The third kappa shape index (κ3) is 3.93. The molecule has 0 bridgehead atoms. The van der Waals surface area contributed by atoms with Gasteiger partial charge in [-0.25, -0.2) is 4.79 Å². The Morgan fingerprint density at radius 2 is 2.12 bits per heavy atom. The molecule has 0 saturated heterocycles. The number of ether oxygens (including phenoxy) is 1. The average Bonchev–Trinajstić information content (AvgIpc) is 3.25. The van der Waals surface area contributed by atoms with Gasteiger partial charge in [0.25, 0.3) is 11.8 Å². The Hall–Kier alpha value is -2.12. The minimum absolute atomic E-state index is 0.0421. The third-order valence-electron chi connectivity index (χ3n) is 3.67. The summed E-state index contributed by atoms with van der Waals surface area (Å²) >= 11 is 3.15. The molecule has 0 saturated carbocycles. The maximum atomic E-state index is 12.2. The van der Waals surface area contributed by atoms with Gasteiger partial charge < -0.3 is 9.15 Å². The van der Waals surface area contributed by atoms with Crippen LogP contribution in [0.2, 0.25) is 0 Å². The number of aryl methyl sites for hydroxylation is 2. The molecule has 5 nitrogen and oxygen atoms in total. The maximum Gasteiger partial charge on any atom is 0.339 e. The number of aromatic nitrogens is 2. The van der Waals surface area contributed by atoms with Gasteiger partial charge in [0.1, 0.15) is 0 Å². The van der Waals surface area contributed by atoms with Crippen molar-refractivity contribution < 1.29 is 13.9 Å². The second-order valence-electron chi connectivity index (χ2n) is 5.35. The van der Waals surface area contributed by atoms with Crippen LogP contribution in [0.25, 0.3) is 10.8 Å². The van der Waals surface area contributed by atoms with E-state index in [1.165, 1.54) is 22.2 Å². The summed E-state index contributed by atoms with van der Waals surface area (Å²) in [7, 11) is 0. The lowest BCUT2D eigenvalue weighted by Gasteiger charge is -2.05. The molecule has 0 aliphatic heterocycles. The van der Waals surface area contributed by atoms with E-state index in [2.05, 4.69) is 24.0 Å². The van der Waals surface area contributed by atoms with Crippen LogP contribution in [-0.4, -0.2) is 22.4 Å². The van der Waals surface area contributed by atoms with Gasteiger partial charge >= 0.3 is 5.97 Å². The van der Waals surface area contributed by atoms with Crippen LogP contribution in [0, 0.1) is 6.92 Å². The van der Waals surface area contributed by atoms with E-state index in [0.29, 0.717) is 11.5 Å². The van der Waals surface area contributed by atoms with Crippen molar-refractivity contribution in [1.29, 1.82) is 0 Å². The van der Waals surface area contributed by atoms with Gasteiger partial charge in [-0.05, 0) is 43.4 Å². The molecule has 0 aliphatic carbocycles. The number of nitrogens with zero attached hydrogens (tertiary/aromatic N) is 2. The maximum absolute atomic E-state index is 12.2. The zero-order valence-corrected chi connectivity index (χ0v) is 15.9. The van der Waals surface area contributed by atoms with Gasteiger partial charge in [-0.15, -0.1) is 33.3 Å². The van der Waals surface area contributed by atoms with Gasteiger partial charge in [-0.3, -0.25) is 0 Å². The quantitative estimate of drug-likeness (QED) is 0.458. The molecule has 2 heterocycles. The fourth-order valence-corrected chi connectivity index (χ4v) is 4.03. The molecule has 0 unspecified atom stereocenters. The first kappa shape index (κ1) is 17.7. The summed E-state index contributed by atoms with van der Waals surface area (Å²) in [6.45, 7) is 4.15. The van der Waals surface area contributed by atoms with Crippen molar-refractivity contribution in [2.45, 2.75) is 31.8 Å². The van der Waals surface area contributed by atoms with Crippen LogP contribution >= 0.6 is 23.1 Å². The molecule has 3 aromatic rings. The number of hydrogen-bond donors (Lipinski definition) is 0. The summed E-state index contributed by atoms with van der Waals surface area (Å²) in [5.74, 6) is 0.349. The second kappa shape index (κ2) is 7.84. The lowest BCUT2D eigenvalue weighted by molar-refractivity contribution is 0.0434. The van der Waals surface area contributed by atoms with Gasteiger partial charge in [-0.1, -0.05) is 19.1 Å². The van der Waals surface area contributed by atoms with E-state index in [0.717, 1.165) is 16.2 Å². The molecule has 7 heteroatoms. The molecule has 0 radical (unpaired) electrons. The van der Waals surface area contributed by atoms with Crippen LogP contribution in [0.3, 0.4) is 0 Å². The summed E-state index contributed by atoms with van der Waals surface area (Å²) in [6, 6.07) is 9.37. The van der Waals surface area contributed by atoms with Crippen LogP contribution in [0.1, 0.15) is 33.6 Å². The van der Waals surface area contributed by atoms with E-state index in [1.807, 2.05) is 30.5 Å². The van der Waals surface area contributed by atoms with Crippen molar-refractivity contribution in [3.63, 3.8) is 0 Å². The largest absolute Gasteiger partial charge is 0.452 e. The molecule has 0 aliphatic rings. The average molecular weight is 374 g/mol. The molecule has 1 aromatic carbocycles. The Bertz CT molecular complexity index is 886. The number of thioether (sulfide) groups is 1. The van der Waals surface area contributed by atoms with Crippen LogP contribution < -0.4 is 0 Å². The number of benzene rings is 1. The molecule has 0 fully saturated rings. The van der Waals surface area contributed by atoms with E-state index in [-0.39, 0.29) is 12.5 Å². The first-order chi connectivity index (χ1) is 12.1. The van der Waals surface area contributed by atoms with E-state index in [9.17, 15) is 4.79 Å². The van der Waals surface area contributed by atoms with Crippen LogP contribution in [0.5, 0.6) is 0 Å². The van der Waals surface area contributed by atoms with Crippen LogP contribution in [0.4, 0.5) is 0 Å².